The summed E-state index contributed by atoms with van der Waals surface area (Å²) in [6, 6.07) is 5.57. The van der Waals surface area contributed by atoms with Crippen molar-refractivity contribution in [3.8, 4) is 0 Å². The fourth-order valence-corrected chi connectivity index (χ4v) is 3.64. The number of carbonyl (C=O) groups excluding carboxylic acids is 1. The summed E-state index contributed by atoms with van der Waals surface area (Å²) in [5.74, 6) is -0.275. The molecule has 7 heteroatoms. The number of anilines is 1. The van der Waals surface area contributed by atoms with E-state index in [4.69, 9.17) is 16.7 Å². The van der Waals surface area contributed by atoms with Crippen LogP contribution in [0.5, 0.6) is 0 Å². The first-order chi connectivity index (χ1) is 12.5. The van der Waals surface area contributed by atoms with Crippen molar-refractivity contribution >= 4 is 29.2 Å². The highest BCUT2D eigenvalue weighted by atomic mass is 35.5. The number of rotatable bonds is 9. The SMILES string of the molecule is CCNc1ccc(Cl)cc1C(=O)NC1CC(N(CC(=O)O)CC2CC2)C1. The zero-order valence-corrected chi connectivity index (χ0v) is 15.8. The van der Waals surface area contributed by atoms with Crippen LogP contribution in [0.2, 0.25) is 5.02 Å². The lowest BCUT2D eigenvalue weighted by Gasteiger charge is -2.42. The van der Waals surface area contributed by atoms with E-state index < -0.39 is 5.97 Å². The lowest BCUT2D eigenvalue weighted by Crippen LogP contribution is -2.55. The quantitative estimate of drug-likeness (QED) is 0.614. The second kappa shape index (κ2) is 8.27. The summed E-state index contributed by atoms with van der Waals surface area (Å²) >= 11 is 6.04. The number of amides is 1. The Bertz CT molecular complexity index is 672. The molecule has 1 aromatic rings. The van der Waals surface area contributed by atoms with Gasteiger partial charge in [-0.1, -0.05) is 11.6 Å². The maximum Gasteiger partial charge on any atom is 0.317 e. The third-order valence-corrected chi connectivity index (χ3v) is 5.32. The molecule has 2 aliphatic rings. The third-order valence-electron chi connectivity index (χ3n) is 5.09. The Labute approximate surface area is 158 Å². The molecule has 0 saturated heterocycles. The highest BCUT2D eigenvalue weighted by Crippen LogP contribution is 2.34. The van der Waals surface area contributed by atoms with Crippen molar-refractivity contribution in [3.63, 3.8) is 0 Å². The first-order valence-corrected chi connectivity index (χ1v) is 9.64. The molecule has 6 nitrogen and oxygen atoms in total. The van der Waals surface area contributed by atoms with Crippen molar-refractivity contribution in [1.29, 1.82) is 0 Å². The second-order valence-corrected chi connectivity index (χ2v) is 7.72. The van der Waals surface area contributed by atoms with Crippen LogP contribution < -0.4 is 10.6 Å². The molecule has 142 valence electrons. The van der Waals surface area contributed by atoms with Gasteiger partial charge in [-0.2, -0.15) is 0 Å². The van der Waals surface area contributed by atoms with E-state index in [1.807, 2.05) is 13.0 Å². The molecule has 1 aromatic carbocycles. The van der Waals surface area contributed by atoms with Gasteiger partial charge in [0, 0.05) is 35.9 Å². The number of aliphatic carboxylic acids is 1. The smallest absolute Gasteiger partial charge is 0.317 e. The van der Waals surface area contributed by atoms with Crippen LogP contribution in [0.15, 0.2) is 18.2 Å². The second-order valence-electron chi connectivity index (χ2n) is 7.28. The number of nitrogens with one attached hydrogen (secondary N) is 2. The van der Waals surface area contributed by atoms with Crippen molar-refractivity contribution in [1.82, 2.24) is 10.2 Å². The van der Waals surface area contributed by atoms with Crippen LogP contribution in [-0.2, 0) is 4.79 Å². The largest absolute Gasteiger partial charge is 0.480 e. The van der Waals surface area contributed by atoms with E-state index in [0.29, 0.717) is 16.5 Å². The summed E-state index contributed by atoms with van der Waals surface area (Å²) in [6.45, 7) is 3.64. The van der Waals surface area contributed by atoms with Gasteiger partial charge in [0.2, 0.25) is 0 Å². The van der Waals surface area contributed by atoms with Gasteiger partial charge in [-0.05, 0) is 56.7 Å². The molecule has 0 bridgehead atoms. The van der Waals surface area contributed by atoms with Gasteiger partial charge < -0.3 is 15.7 Å². The van der Waals surface area contributed by atoms with Crippen molar-refractivity contribution in [3.05, 3.63) is 28.8 Å². The minimum Gasteiger partial charge on any atom is -0.480 e. The molecule has 2 saturated carbocycles. The van der Waals surface area contributed by atoms with Crippen LogP contribution in [0.1, 0.15) is 43.0 Å². The minimum absolute atomic E-state index is 0.0801. The van der Waals surface area contributed by atoms with E-state index in [9.17, 15) is 9.59 Å². The summed E-state index contributed by atoms with van der Waals surface area (Å²) in [5, 5.41) is 15.9. The lowest BCUT2D eigenvalue weighted by atomic mass is 9.85. The maximum absolute atomic E-state index is 12.6. The van der Waals surface area contributed by atoms with Gasteiger partial charge in [-0.15, -0.1) is 0 Å². The Morgan fingerprint density at radius 3 is 2.65 bits per heavy atom. The molecule has 0 aliphatic heterocycles. The minimum atomic E-state index is -0.785. The fraction of sp³-hybridized carbons (Fsp3) is 0.579. The van der Waals surface area contributed by atoms with Gasteiger partial charge in [0.25, 0.3) is 5.91 Å². The standard InChI is InChI=1S/C19H26ClN3O3/c1-2-21-17-6-5-13(20)7-16(17)19(26)22-14-8-15(9-14)23(11-18(24)25)10-12-3-4-12/h5-7,12,14-15,21H,2-4,8-11H2,1H3,(H,22,26)(H,24,25). The van der Waals surface area contributed by atoms with Crippen molar-refractivity contribution in [2.45, 2.75) is 44.7 Å². The number of nitrogens with zero attached hydrogens (tertiary/aromatic N) is 1. The zero-order chi connectivity index (χ0) is 18.7. The molecule has 2 aliphatic carbocycles. The number of carboxylic acids is 1. The van der Waals surface area contributed by atoms with E-state index >= 15 is 0 Å². The average Bonchev–Trinajstić information content (AvgIpc) is 3.35. The van der Waals surface area contributed by atoms with Crippen LogP contribution in [0.4, 0.5) is 5.69 Å². The molecular formula is C19H26ClN3O3. The summed E-state index contributed by atoms with van der Waals surface area (Å²) in [6.07, 6.45) is 3.99. The number of carbonyl (C=O) groups is 2. The first kappa shape index (κ1) is 19.0. The Morgan fingerprint density at radius 2 is 2.04 bits per heavy atom. The van der Waals surface area contributed by atoms with Crippen LogP contribution in [0, 0.1) is 5.92 Å². The molecule has 26 heavy (non-hydrogen) atoms. The molecule has 0 spiro atoms. The van der Waals surface area contributed by atoms with Gasteiger partial charge in [0.15, 0.2) is 0 Å². The van der Waals surface area contributed by atoms with Gasteiger partial charge in [-0.25, -0.2) is 0 Å². The molecule has 0 unspecified atom stereocenters. The predicted molar refractivity (Wildman–Crippen MR) is 102 cm³/mol. The highest BCUT2D eigenvalue weighted by Gasteiger charge is 2.37. The van der Waals surface area contributed by atoms with E-state index in [2.05, 4.69) is 15.5 Å². The molecule has 0 atom stereocenters. The topological polar surface area (TPSA) is 81.7 Å². The average molecular weight is 380 g/mol. The molecule has 1 amide bonds. The van der Waals surface area contributed by atoms with E-state index in [-0.39, 0.29) is 24.5 Å². The lowest BCUT2D eigenvalue weighted by molar-refractivity contribution is -0.139. The Kier molecular flexibility index (Phi) is 6.04. The number of benzene rings is 1. The Morgan fingerprint density at radius 1 is 1.31 bits per heavy atom. The van der Waals surface area contributed by atoms with E-state index in [0.717, 1.165) is 31.6 Å². The molecule has 3 rings (SSSR count). The molecule has 0 aromatic heterocycles. The molecule has 2 fully saturated rings. The van der Waals surface area contributed by atoms with Gasteiger partial charge in [-0.3, -0.25) is 14.5 Å². The van der Waals surface area contributed by atoms with Gasteiger partial charge in [0.1, 0.15) is 0 Å². The normalized spacial score (nSPS) is 22.0. The summed E-state index contributed by atoms with van der Waals surface area (Å²) in [4.78, 5) is 25.8. The van der Waals surface area contributed by atoms with Crippen LogP contribution in [0.3, 0.4) is 0 Å². The van der Waals surface area contributed by atoms with Crippen LogP contribution >= 0.6 is 11.6 Å². The monoisotopic (exact) mass is 379 g/mol. The molecule has 0 radical (unpaired) electrons. The highest BCUT2D eigenvalue weighted by molar-refractivity contribution is 6.31. The summed E-state index contributed by atoms with van der Waals surface area (Å²) in [7, 11) is 0. The van der Waals surface area contributed by atoms with Crippen LogP contribution in [-0.4, -0.2) is 53.6 Å². The molecule has 3 N–H and O–H groups in total. The third kappa shape index (κ3) is 4.89. The fourth-order valence-electron chi connectivity index (χ4n) is 3.46. The number of hydrogen-bond acceptors (Lipinski definition) is 4. The zero-order valence-electron chi connectivity index (χ0n) is 15.0. The molecule has 0 heterocycles. The van der Waals surface area contributed by atoms with Crippen molar-refractivity contribution in [2.24, 2.45) is 5.92 Å². The number of halogens is 1. The Balaban J connectivity index is 1.55. The molecular weight excluding hydrogens is 354 g/mol. The summed E-state index contributed by atoms with van der Waals surface area (Å²) in [5.41, 5.74) is 1.31. The maximum atomic E-state index is 12.6. The van der Waals surface area contributed by atoms with Crippen LogP contribution in [0.25, 0.3) is 0 Å². The number of hydrogen-bond donors (Lipinski definition) is 3. The number of carboxylic acid groups (broad SMARTS) is 1. The predicted octanol–water partition coefficient (Wildman–Crippen LogP) is 2.83. The van der Waals surface area contributed by atoms with Gasteiger partial charge in [0.05, 0.1) is 12.1 Å². The first-order valence-electron chi connectivity index (χ1n) is 9.26. The Hall–Kier alpha value is -1.79. The van der Waals surface area contributed by atoms with E-state index in [1.165, 1.54) is 12.8 Å². The van der Waals surface area contributed by atoms with Gasteiger partial charge >= 0.3 is 5.97 Å². The summed E-state index contributed by atoms with van der Waals surface area (Å²) < 4.78 is 0. The van der Waals surface area contributed by atoms with Crippen molar-refractivity contribution < 1.29 is 14.7 Å². The van der Waals surface area contributed by atoms with Crippen molar-refractivity contribution in [2.75, 3.05) is 25.0 Å². The van der Waals surface area contributed by atoms with E-state index in [1.54, 1.807) is 12.1 Å².